The molecule has 2 aromatic heterocycles. The molecule has 0 bridgehead atoms. The van der Waals surface area contributed by atoms with Gasteiger partial charge in [-0.05, 0) is 78.9 Å². The predicted octanol–water partition coefficient (Wildman–Crippen LogP) is 7.33. The van der Waals surface area contributed by atoms with Crippen molar-refractivity contribution in [3.8, 4) is 0 Å². The van der Waals surface area contributed by atoms with E-state index in [0.29, 0.717) is 17.2 Å². The van der Waals surface area contributed by atoms with Gasteiger partial charge in [-0.2, -0.15) is 13.2 Å². The van der Waals surface area contributed by atoms with Crippen molar-refractivity contribution in [2.75, 3.05) is 11.4 Å². The second-order valence-electron chi connectivity index (χ2n) is 8.99. The third-order valence-corrected chi connectivity index (χ3v) is 7.30. The molecule has 37 heavy (non-hydrogen) atoms. The summed E-state index contributed by atoms with van der Waals surface area (Å²) in [6, 6.07) is 16.0. The Bertz CT molecular complexity index is 1450. The number of methoxy groups -OCH3 is 1. The largest absolute Gasteiger partial charge is 0.465 e. The van der Waals surface area contributed by atoms with Gasteiger partial charge in [0.25, 0.3) is 0 Å². The molecule has 0 saturated heterocycles. The lowest BCUT2D eigenvalue weighted by atomic mass is 10.0. The van der Waals surface area contributed by atoms with Crippen LogP contribution in [0.1, 0.15) is 51.5 Å². The van der Waals surface area contributed by atoms with Gasteiger partial charge in [0.05, 0.1) is 30.5 Å². The number of carbonyl (C=O) groups excluding carboxylic acids is 1. The molecule has 0 atom stereocenters. The summed E-state index contributed by atoms with van der Waals surface area (Å²) < 4.78 is 46.1. The van der Waals surface area contributed by atoms with Gasteiger partial charge in [0.15, 0.2) is 0 Å². The second kappa shape index (κ2) is 10.0. The van der Waals surface area contributed by atoms with Crippen LogP contribution >= 0.6 is 11.9 Å². The molecule has 1 aliphatic rings. The average molecular weight is 524 g/mol. The predicted molar refractivity (Wildman–Crippen MR) is 138 cm³/mol. The van der Waals surface area contributed by atoms with E-state index < -0.39 is 17.7 Å². The highest BCUT2D eigenvalue weighted by Crippen LogP contribution is 2.48. The van der Waals surface area contributed by atoms with Crippen LogP contribution in [0.5, 0.6) is 0 Å². The number of pyridine rings is 2. The highest BCUT2D eigenvalue weighted by Gasteiger charge is 2.32. The van der Waals surface area contributed by atoms with E-state index >= 15 is 0 Å². The highest BCUT2D eigenvalue weighted by atomic mass is 32.2. The van der Waals surface area contributed by atoms with Crippen molar-refractivity contribution < 1.29 is 22.7 Å². The van der Waals surface area contributed by atoms with Gasteiger partial charge in [0, 0.05) is 28.2 Å². The Balaban J connectivity index is 1.55. The number of anilines is 1. The topological polar surface area (TPSA) is 55.3 Å². The fourth-order valence-electron chi connectivity index (χ4n) is 4.29. The van der Waals surface area contributed by atoms with Crippen molar-refractivity contribution in [2.45, 2.75) is 43.3 Å². The normalized spacial score (nSPS) is 13.5. The highest BCUT2D eigenvalue weighted by molar-refractivity contribution is 8.00. The first-order valence-corrected chi connectivity index (χ1v) is 12.6. The number of aryl methyl sites for hydroxylation is 1. The number of alkyl halides is 3. The third kappa shape index (κ3) is 5.41. The minimum Gasteiger partial charge on any atom is -0.465 e. The Morgan fingerprint density at radius 3 is 2.51 bits per heavy atom. The van der Waals surface area contributed by atoms with Crippen LogP contribution in [-0.2, 0) is 17.5 Å². The van der Waals surface area contributed by atoms with Gasteiger partial charge in [0.1, 0.15) is 5.82 Å². The van der Waals surface area contributed by atoms with Gasteiger partial charge >= 0.3 is 12.1 Å². The van der Waals surface area contributed by atoms with Gasteiger partial charge in [-0.15, -0.1) is 0 Å². The molecule has 5 nitrogen and oxygen atoms in total. The lowest BCUT2D eigenvalue weighted by Gasteiger charge is -2.26. The maximum absolute atomic E-state index is 13.1. The fourth-order valence-corrected chi connectivity index (χ4v) is 5.33. The second-order valence-corrected chi connectivity index (χ2v) is 10.1. The maximum atomic E-state index is 13.1. The van der Waals surface area contributed by atoms with E-state index in [2.05, 4.69) is 11.1 Å². The number of hydrogen-bond acceptors (Lipinski definition) is 6. The molecule has 0 radical (unpaired) electrons. The molecule has 1 fully saturated rings. The van der Waals surface area contributed by atoms with Crippen molar-refractivity contribution in [2.24, 2.45) is 0 Å². The van der Waals surface area contributed by atoms with Crippen LogP contribution in [0.15, 0.2) is 71.9 Å². The molecule has 0 unspecified atom stereocenters. The summed E-state index contributed by atoms with van der Waals surface area (Å²) in [5, 5.41) is 2.17. The number of benzene rings is 2. The van der Waals surface area contributed by atoms with Crippen LogP contribution in [0, 0.1) is 6.92 Å². The van der Waals surface area contributed by atoms with Crippen LogP contribution in [-0.4, -0.2) is 23.0 Å². The van der Waals surface area contributed by atoms with E-state index in [1.54, 1.807) is 6.07 Å². The van der Waals surface area contributed by atoms with Crippen molar-refractivity contribution in [3.05, 3.63) is 94.9 Å². The number of carbonyl (C=O) groups is 1. The lowest BCUT2D eigenvalue weighted by Crippen LogP contribution is -2.18. The first-order chi connectivity index (χ1) is 17.7. The molecule has 0 amide bonds. The van der Waals surface area contributed by atoms with Crippen LogP contribution in [0.3, 0.4) is 0 Å². The van der Waals surface area contributed by atoms with Gasteiger partial charge in [-0.1, -0.05) is 24.3 Å². The van der Waals surface area contributed by atoms with E-state index in [0.717, 1.165) is 57.7 Å². The third-order valence-electron chi connectivity index (χ3n) is 6.32. The Hall–Kier alpha value is -3.59. The minimum atomic E-state index is -4.45. The Morgan fingerprint density at radius 1 is 1.08 bits per heavy atom. The van der Waals surface area contributed by atoms with E-state index in [1.807, 2.05) is 47.8 Å². The molecular weight excluding hydrogens is 499 g/mol. The lowest BCUT2D eigenvalue weighted by molar-refractivity contribution is -0.137. The number of rotatable bonds is 7. The van der Waals surface area contributed by atoms with Gasteiger partial charge in [0.2, 0.25) is 0 Å². The zero-order valence-corrected chi connectivity index (χ0v) is 21.1. The molecule has 9 heteroatoms. The van der Waals surface area contributed by atoms with Crippen LogP contribution < -0.4 is 4.31 Å². The summed E-state index contributed by atoms with van der Waals surface area (Å²) in [5.74, 6) is 0.732. The van der Waals surface area contributed by atoms with Gasteiger partial charge in [-0.25, -0.2) is 9.78 Å². The molecule has 0 spiro atoms. The van der Waals surface area contributed by atoms with Crippen molar-refractivity contribution >= 4 is 34.5 Å². The van der Waals surface area contributed by atoms with E-state index in [4.69, 9.17) is 9.72 Å². The molecule has 1 saturated carbocycles. The summed E-state index contributed by atoms with van der Waals surface area (Å²) in [6.45, 7) is 2.08. The van der Waals surface area contributed by atoms with Crippen LogP contribution in [0.4, 0.5) is 19.0 Å². The summed E-state index contributed by atoms with van der Waals surface area (Å²) in [6.07, 6.45) is 0.371. The summed E-state index contributed by atoms with van der Waals surface area (Å²) in [5.41, 5.74) is 2.08. The summed E-state index contributed by atoms with van der Waals surface area (Å²) >= 11 is 1.41. The maximum Gasteiger partial charge on any atom is 0.417 e. The molecule has 5 rings (SSSR count). The Morgan fingerprint density at radius 2 is 1.86 bits per heavy atom. The number of fused-ring (bicyclic) bond motifs is 1. The number of ether oxygens (including phenoxy) is 1. The quantitative estimate of drug-likeness (QED) is 0.187. The van der Waals surface area contributed by atoms with Gasteiger partial charge in [-0.3, -0.25) is 9.29 Å². The van der Waals surface area contributed by atoms with Crippen LogP contribution in [0.2, 0.25) is 0 Å². The number of aromatic nitrogens is 2. The average Bonchev–Trinajstić information content (AvgIpc) is 3.72. The first-order valence-electron chi connectivity index (χ1n) is 11.8. The van der Waals surface area contributed by atoms with E-state index in [9.17, 15) is 18.0 Å². The van der Waals surface area contributed by atoms with Crippen molar-refractivity contribution in [1.82, 2.24) is 9.97 Å². The number of esters is 1. The fraction of sp³-hybridized carbons (Fsp3) is 0.250. The number of halogens is 3. The SMILES string of the molecule is COC(=O)c1ccc(SN(Cc2ccc(C(F)(F)F)cn2)c2ncc3ccccc3c2C2CC2)cc1C. The molecule has 1 aliphatic carbocycles. The molecular formula is C28H24F3N3O2S. The van der Waals surface area contributed by atoms with Crippen molar-refractivity contribution in [3.63, 3.8) is 0 Å². The standard InChI is InChI=1S/C28H24F3N3O2S/c1-17-13-22(11-12-23(17)27(35)36-2)37-34(16-21-10-9-20(15-32-21)28(29,30)31)26-25(18-7-8-18)24-6-4-3-5-19(24)14-33-26/h3-6,9-15,18H,7-8,16H2,1-2H3. The molecule has 4 aromatic rings. The van der Waals surface area contributed by atoms with Gasteiger partial charge < -0.3 is 4.74 Å². The van der Waals surface area contributed by atoms with Crippen LogP contribution in [0.25, 0.3) is 10.8 Å². The zero-order chi connectivity index (χ0) is 26.2. The number of hydrogen-bond donors (Lipinski definition) is 0. The Labute approximate surface area is 216 Å². The molecule has 0 aliphatic heterocycles. The van der Waals surface area contributed by atoms with Crippen molar-refractivity contribution in [1.29, 1.82) is 0 Å². The molecule has 0 N–H and O–H groups in total. The van der Waals surface area contributed by atoms with E-state index in [1.165, 1.54) is 25.1 Å². The smallest absolute Gasteiger partial charge is 0.417 e. The minimum absolute atomic E-state index is 0.242. The summed E-state index contributed by atoms with van der Waals surface area (Å²) in [7, 11) is 1.34. The summed E-state index contributed by atoms with van der Waals surface area (Å²) in [4.78, 5) is 21.8. The molecule has 2 heterocycles. The first kappa shape index (κ1) is 25.1. The Kier molecular flexibility index (Phi) is 6.81. The van der Waals surface area contributed by atoms with E-state index in [-0.39, 0.29) is 6.54 Å². The zero-order valence-electron chi connectivity index (χ0n) is 20.2. The number of nitrogens with zero attached hydrogens (tertiary/aromatic N) is 3. The molecule has 190 valence electrons. The molecule has 2 aromatic carbocycles. The monoisotopic (exact) mass is 523 g/mol.